The first kappa shape index (κ1) is 17.6. The number of hydrogen-bond acceptors (Lipinski definition) is 4. The maximum atomic E-state index is 9.70. The summed E-state index contributed by atoms with van der Waals surface area (Å²) in [6.07, 6.45) is 0.437. The maximum Gasteiger partial charge on any atom is 0.130 e. The molecule has 2 atom stereocenters. The summed E-state index contributed by atoms with van der Waals surface area (Å²) in [6, 6.07) is 9.81. The van der Waals surface area contributed by atoms with Crippen LogP contribution in [-0.2, 0) is 0 Å². The molecule has 0 saturated heterocycles. The van der Waals surface area contributed by atoms with Gasteiger partial charge in [-0.3, -0.25) is 0 Å². The molecule has 0 amide bonds. The van der Waals surface area contributed by atoms with E-state index < -0.39 is 12.2 Å². The Morgan fingerprint density at radius 2 is 1.57 bits per heavy atom. The second kappa shape index (κ2) is 8.18. The zero-order chi connectivity index (χ0) is 16.8. The number of aryl methyl sites for hydroxylation is 1. The van der Waals surface area contributed by atoms with Gasteiger partial charge in [0.1, 0.15) is 24.7 Å². The quantitative estimate of drug-likeness (QED) is 0.783. The van der Waals surface area contributed by atoms with E-state index in [0.29, 0.717) is 19.4 Å². The van der Waals surface area contributed by atoms with Crippen LogP contribution in [0, 0.1) is 6.92 Å². The van der Waals surface area contributed by atoms with Crippen LogP contribution < -0.4 is 9.47 Å². The van der Waals surface area contributed by atoms with Crippen molar-refractivity contribution in [3.63, 3.8) is 0 Å². The first-order valence-electron chi connectivity index (χ1n) is 8.20. The van der Waals surface area contributed by atoms with Crippen LogP contribution in [0.15, 0.2) is 30.3 Å². The molecule has 2 unspecified atom stereocenters. The van der Waals surface area contributed by atoms with E-state index in [2.05, 4.69) is 0 Å². The van der Waals surface area contributed by atoms with E-state index in [-0.39, 0.29) is 6.61 Å². The molecule has 2 N–H and O–H groups in total. The van der Waals surface area contributed by atoms with Crippen LogP contribution in [0.25, 0.3) is 10.8 Å². The summed E-state index contributed by atoms with van der Waals surface area (Å²) in [5.41, 5.74) is 1.04. The van der Waals surface area contributed by atoms with Gasteiger partial charge in [-0.15, -0.1) is 0 Å². The Bertz CT molecular complexity index is 639. The summed E-state index contributed by atoms with van der Waals surface area (Å²) >= 11 is 0. The molecule has 0 aliphatic heterocycles. The molecule has 0 aliphatic rings. The van der Waals surface area contributed by atoms with Crippen LogP contribution in [0.3, 0.4) is 0 Å². The van der Waals surface area contributed by atoms with E-state index in [4.69, 9.17) is 9.47 Å². The molecular formula is C19H26O4. The van der Waals surface area contributed by atoms with Gasteiger partial charge in [-0.05, 0) is 48.9 Å². The average Bonchev–Trinajstić information content (AvgIpc) is 2.58. The highest BCUT2D eigenvalue weighted by Crippen LogP contribution is 2.32. The molecule has 0 heterocycles. The van der Waals surface area contributed by atoms with Gasteiger partial charge >= 0.3 is 0 Å². The highest BCUT2D eigenvalue weighted by molar-refractivity contribution is 5.90. The van der Waals surface area contributed by atoms with Crippen molar-refractivity contribution in [2.75, 3.05) is 13.2 Å². The van der Waals surface area contributed by atoms with Crippen LogP contribution in [0.4, 0.5) is 0 Å². The van der Waals surface area contributed by atoms with Gasteiger partial charge in [0, 0.05) is 5.39 Å². The third-order valence-electron chi connectivity index (χ3n) is 3.94. The minimum Gasteiger partial charge on any atom is -0.491 e. The van der Waals surface area contributed by atoms with E-state index in [9.17, 15) is 10.2 Å². The van der Waals surface area contributed by atoms with Crippen molar-refractivity contribution in [2.24, 2.45) is 0 Å². The highest BCUT2D eigenvalue weighted by Gasteiger charge is 2.10. The molecule has 2 rings (SSSR count). The molecule has 23 heavy (non-hydrogen) atoms. The van der Waals surface area contributed by atoms with Gasteiger partial charge in [0.2, 0.25) is 0 Å². The largest absolute Gasteiger partial charge is 0.491 e. The molecule has 0 fully saturated rings. The van der Waals surface area contributed by atoms with Gasteiger partial charge in [-0.2, -0.15) is 0 Å². The molecule has 126 valence electrons. The molecule has 4 nitrogen and oxygen atoms in total. The Hall–Kier alpha value is -1.78. The van der Waals surface area contributed by atoms with E-state index in [1.54, 1.807) is 0 Å². The van der Waals surface area contributed by atoms with Gasteiger partial charge in [0.15, 0.2) is 0 Å². The molecule has 0 saturated carbocycles. The lowest BCUT2D eigenvalue weighted by molar-refractivity contribution is 0.104. The number of rotatable bonds is 8. The number of aliphatic hydroxyl groups excluding tert-OH is 2. The van der Waals surface area contributed by atoms with Gasteiger partial charge in [0.05, 0.1) is 12.2 Å². The molecule has 0 aliphatic carbocycles. The fourth-order valence-corrected chi connectivity index (χ4v) is 2.28. The third-order valence-corrected chi connectivity index (χ3v) is 3.94. The van der Waals surface area contributed by atoms with Crippen LogP contribution in [0.1, 0.15) is 32.3 Å². The van der Waals surface area contributed by atoms with Gasteiger partial charge < -0.3 is 19.7 Å². The van der Waals surface area contributed by atoms with E-state index in [0.717, 1.165) is 27.8 Å². The fourth-order valence-electron chi connectivity index (χ4n) is 2.28. The van der Waals surface area contributed by atoms with Gasteiger partial charge in [0.25, 0.3) is 0 Å². The lowest BCUT2D eigenvalue weighted by Crippen LogP contribution is -2.16. The Kier molecular flexibility index (Phi) is 6.25. The standard InChI is InChI=1S/C19H26O4/c1-4-15(20)11-22-17-8-9-18-14(10-17)7-6-13(3)19(18)23-12-16(21)5-2/h6-10,15-16,20-21H,4-5,11-12H2,1-3H3. The number of benzene rings is 2. The topological polar surface area (TPSA) is 58.9 Å². The summed E-state index contributed by atoms with van der Waals surface area (Å²) in [7, 11) is 0. The third kappa shape index (κ3) is 4.60. The van der Waals surface area contributed by atoms with Gasteiger partial charge in [-0.1, -0.05) is 26.0 Å². The van der Waals surface area contributed by atoms with Crippen molar-refractivity contribution in [2.45, 2.75) is 45.8 Å². The minimum atomic E-state index is -0.456. The van der Waals surface area contributed by atoms with Crippen molar-refractivity contribution >= 4 is 10.8 Å². The first-order valence-corrected chi connectivity index (χ1v) is 8.20. The molecule has 2 aromatic carbocycles. The van der Waals surface area contributed by atoms with E-state index >= 15 is 0 Å². The monoisotopic (exact) mass is 318 g/mol. The predicted octanol–water partition coefficient (Wildman–Crippen LogP) is 3.45. The zero-order valence-corrected chi connectivity index (χ0v) is 14.1. The smallest absolute Gasteiger partial charge is 0.130 e. The number of ether oxygens (including phenoxy) is 2. The lowest BCUT2D eigenvalue weighted by Gasteiger charge is -2.16. The minimum absolute atomic E-state index is 0.289. The molecule has 0 aromatic heterocycles. The molecule has 0 bridgehead atoms. The molecule has 0 spiro atoms. The van der Waals surface area contributed by atoms with Crippen molar-refractivity contribution < 1.29 is 19.7 Å². The predicted molar refractivity (Wildman–Crippen MR) is 92.3 cm³/mol. The van der Waals surface area contributed by atoms with Crippen molar-refractivity contribution in [3.05, 3.63) is 35.9 Å². The molecule has 2 aromatic rings. The van der Waals surface area contributed by atoms with E-state index in [1.165, 1.54) is 0 Å². The Labute approximate surface area is 137 Å². The van der Waals surface area contributed by atoms with Gasteiger partial charge in [-0.25, -0.2) is 0 Å². The SMILES string of the molecule is CCC(O)COc1ccc2c(OCC(O)CC)c(C)ccc2c1. The maximum absolute atomic E-state index is 9.70. The summed E-state index contributed by atoms with van der Waals surface area (Å²) < 4.78 is 11.4. The normalized spacial score (nSPS) is 13.8. The number of fused-ring (bicyclic) bond motifs is 1. The van der Waals surface area contributed by atoms with Crippen molar-refractivity contribution in [1.82, 2.24) is 0 Å². The van der Waals surface area contributed by atoms with E-state index in [1.807, 2.05) is 51.1 Å². The van der Waals surface area contributed by atoms with Crippen molar-refractivity contribution in [1.29, 1.82) is 0 Å². The highest BCUT2D eigenvalue weighted by atomic mass is 16.5. The number of hydrogen-bond donors (Lipinski definition) is 2. The van der Waals surface area contributed by atoms with Crippen molar-refractivity contribution in [3.8, 4) is 11.5 Å². The van der Waals surface area contributed by atoms with Crippen LogP contribution in [-0.4, -0.2) is 35.6 Å². The lowest BCUT2D eigenvalue weighted by atomic mass is 10.1. The van der Waals surface area contributed by atoms with Crippen LogP contribution in [0.5, 0.6) is 11.5 Å². The Morgan fingerprint density at radius 3 is 2.22 bits per heavy atom. The zero-order valence-electron chi connectivity index (χ0n) is 14.1. The summed E-state index contributed by atoms with van der Waals surface area (Å²) in [5, 5.41) is 21.3. The summed E-state index contributed by atoms with van der Waals surface area (Å²) in [6.45, 7) is 6.43. The molecule has 0 radical (unpaired) electrons. The van der Waals surface area contributed by atoms with Crippen LogP contribution >= 0.6 is 0 Å². The second-order valence-electron chi connectivity index (χ2n) is 5.84. The average molecular weight is 318 g/mol. The van der Waals surface area contributed by atoms with Crippen LogP contribution in [0.2, 0.25) is 0 Å². The second-order valence-corrected chi connectivity index (χ2v) is 5.84. The fraction of sp³-hybridized carbons (Fsp3) is 0.474. The number of aliphatic hydroxyl groups is 2. The summed E-state index contributed by atoms with van der Waals surface area (Å²) in [4.78, 5) is 0. The Morgan fingerprint density at radius 1 is 0.913 bits per heavy atom. The molecule has 4 heteroatoms. The first-order chi connectivity index (χ1) is 11.0. The summed E-state index contributed by atoms with van der Waals surface area (Å²) in [5.74, 6) is 1.53. The Balaban J connectivity index is 2.22. The molecular weight excluding hydrogens is 292 g/mol.